The molecule has 1 amide bonds. The summed E-state index contributed by atoms with van der Waals surface area (Å²) in [6.45, 7) is 3.08. The van der Waals surface area contributed by atoms with Crippen molar-refractivity contribution in [2.75, 3.05) is 13.1 Å². The third-order valence-corrected chi connectivity index (χ3v) is 4.07. The average molecular weight is 286 g/mol. The van der Waals surface area contributed by atoms with Gasteiger partial charge in [-0.2, -0.15) is 5.26 Å². The predicted octanol–water partition coefficient (Wildman–Crippen LogP) is 1.98. The van der Waals surface area contributed by atoms with E-state index in [0.717, 1.165) is 12.8 Å². The van der Waals surface area contributed by atoms with Gasteiger partial charge in [0, 0.05) is 19.0 Å². The highest BCUT2D eigenvalue weighted by molar-refractivity contribution is 5.82. The van der Waals surface area contributed by atoms with Crippen LogP contribution in [0.3, 0.4) is 0 Å². The Morgan fingerprint density at radius 1 is 1.24 bits per heavy atom. The molecule has 3 rings (SSSR count). The number of nitrogens with zero attached hydrogens (tertiary/aromatic N) is 2. The standard InChI is InChI=1S/C16H18N2O3/c1-11-15(21-14-5-3-2-4-13(14)20-11)16(19)18-8-6-12(10-17)7-9-18/h2-5,11-12,15H,6-9H2,1H3. The van der Waals surface area contributed by atoms with Crippen LogP contribution >= 0.6 is 0 Å². The number of amides is 1. The Labute approximate surface area is 124 Å². The first kappa shape index (κ1) is 13.7. The van der Waals surface area contributed by atoms with Crippen molar-refractivity contribution in [2.45, 2.75) is 32.0 Å². The van der Waals surface area contributed by atoms with E-state index in [1.165, 1.54) is 0 Å². The lowest BCUT2D eigenvalue weighted by Crippen LogP contribution is -2.52. The van der Waals surface area contributed by atoms with Gasteiger partial charge in [-0.05, 0) is 31.9 Å². The van der Waals surface area contributed by atoms with Crippen molar-refractivity contribution in [1.82, 2.24) is 4.90 Å². The molecule has 0 aliphatic carbocycles. The van der Waals surface area contributed by atoms with E-state index in [-0.39, 0.29) is 17.9 Å². The van der Waals surface area contributed by atoms with Gasteiger partial charge in [-0.15, -0.1) is 0 Å². The van der Waals surface area contributed by atoms with Gasteiger partial charge < -0.3 is 14.4 Å². The summed E-state index contributed by atoms with van der Waals surface area (Å²) in [5.74, 6) is 1.31. The molecule has 1 saturated heterocycles. The summed E-state index contributed by atoms with van der Waals surface area (Å²) < 4.78 is 11.6. The molecule has 0 N–H and O–H groups in total. The summed E-state index contributed by atoms with van der Waals surface area (Å²) >= 11 is 0. The topological polar surface area (TPSA) is 62.6 Å². The van der Waals surface area contributed by atoms with Crippen molar-refractivity contribution in [3.8, 4) is 17.6 Å². The second kappa shape index (κ2) is 5.65. The van der Waals surface area contributed by atoms with Gasteiger partial charge in [0.25, 0.3) is 5.91 Å². The van der Waals surface area contributed by atoms with Gasteiger partial charge in [-0.3, -0.25) is 4.79 Å². The largest absolute Gasteiger partial charge is 0.482 e. The highest BCUT2D eigenvalue weighted by Gasteiger charge is 2.37. The van der Waals surface area contributed by atoms with Crippen LogP contribution in [-0.4, -0.2) is 36.1 Å². The van der Waals surface area contributed by atoms with Gasteiger partial charge in [0.1, 0.15) is 6.10 Å². The first-order valence-electron chi connectivity index (χ1n) is 7.30. The molecule has 2 aliphatic heterocycles. The van der Waals surface area contributed by atoms with Gasteiger partial charge in [-0.1, -0.05) is 12.1 Å². The molecule has 110 valence electrons. The average Bonchev–Trinajstić information content (AvgIpc) is 2.53. The fourth-order valence-corrected chi connectivity index (χ4v) is 2.80. The van der Waals surface area contributed by atoms with Crippen molar-refractivity contribution in [3.05, 3.63) is 24.3 Å². The summed E-state index contributed by atoms with van der Waals surface area (Å²) in [6.07, 6.45) is 0.543. The Morgan fingerprint density at radius 3 is 2.48 bits per heavy atom. The maximum absolute atomic E-state index is 12.6. The minimum absolute atomic E-state index is 0.0478. The van der Waals surface area contributed by atoms with Crippen LogP contribution in [0, 0.1) is 17.2 Å². The molecule has 1 fully saturated rings. The Hall–Kier alpha value is -2.22. The summed E-state index contributed by atoms with van der Waals surface area (Å²) in [5.41, 5.74) is 0. The Bertz CT molecular complexity index is 573. The molecule has 2 aliphatic rings. The molecule has 1 aromatic carbocycles. The number of piperidine rings is 1. The van der Waals surface area contributed by atoms with Crippen LogP contribution in [0.2, 0.25) is 0 Å². The summed E-state index contributed by atoms with van der Waals surface area (Å²) in [5, 5.41) is 8.92. The van der Waals surface area contributed by atoms with Crippen molar-refractivity contribution < 1.29 is 14.3 Å². The Balaban J connectivity index is 1.70. The number of hydrogen-bond acceptors (Lipinski definition) is 4. The fourth-order valence-electron chi connectivity index (χ4n) is 2.80. The lowest BCUT2D eigenvalue weighted by Gasteiger charge is -2.36. The van der Waals surface area contributed by atoms with E-state index in [9.17, 15) is 4.79 Å². The Morgan fingerprint density at radius 2 is 1.86 bits per heavy atom. The number of nitriles is 1. The molecule has 1 aromatic rings. The van der Waals surface area contributed by atoms with Gasteiger partial charge in [0.05, 0.1) is 6.07 Å². The molecule has 0 bridgehead atoms. The van der Waals surface area contributed by atoms with E-state index >= 15 is 0 Å². The van der Waals surface area contributed by atoms with Crippen molar-refractivity contribution in [3.63, 3.8) is 0 Å². The van der Waals surface area contributed by atoms with Crippen molar-refractivity contribution in [1.29, 1.82) is 5.26 Å². The number of carbonyl (C=O) groups is 1. The zero-order valence-corrected chi connectivity index (χ0v) is 12.0. The van der Waals surface area contributed by atoms with E-state index < -0.39 is 6.10 Å². The van der Waals surface area contributed by atoms with E-state index in [2.05, 4.69) is 6.07 Å². The van der Waals surface area contributed by atoms with Gasteiger partial charge in [0.15, 0.2) is 11.5 Å². The van der Waals surface area contributed by atoms with Crippen LogP contribution in [0.15, 0.2) is 24.3 Å². The number of para-hydroxylation sites is 2. The van der Waals surface area contributed by atoms with E-state index in [1.807, 2.05) is 31.2 Å². The van der Waals surface area contributed by atoms with Crippen molar-refractivity contribution in [2.24, 2.45) is 5.92 Å². The smallest absolute Gasteiger partial charge is 0.267 e. The molecule has 0 radical (unpaired) electrons. The number of rotatable bonds is 1. The lowest BCUT2D eigenvalue weighted by molar-refractivity contribution is -0.145. The quantitative estimate of drug-likeness (QED) is 0.792. The minimum Gasteiger partial charge on any atom is -0.482 e. The number of likely N-dealkylation sites (tertiary alicyclic amines) is 1. The van der Waals surface area contributed by atoms with Crippen LogP contribution in [0.5, 0.6) is 11.5 Å². The SMILES string of the molecule is CC1Oc2ccccc2OC1C(=O)N1CCC(C#N)CC1. The van der Waals surface area contributed by atoms with Gasteiger partial charge in [0.2, 0.25) is 6.10 Å². The molecule has 2 heterocycles. The van der Waals surface area contributed by atoms with E-state index in [4.69, 9.17) is 14.7 Å². The van der Waals surface area contributed by atoms with Crippen LogP contribution in [0.1, 0.15) is 19.8 Å². The molecule has 21 heavy (non-hydrogen) atoms. The minimum atomic E-state index is -0.612. The number of benzene rings is 1. The lowest BCUT2D eigenvalue weighted by atomic mass is 9.98. The molecule has 2 unspecified atom stereocenters. The molecule has 0 spiro atoms. The normalized spacial score (nSPS) is 25.2. The number of hydrogen-bond donors (Lipinski definition) is 0. The van der Waals surface area contributed by atoms with Gasteiger partial charge in [-0.25, -0.2) is 0 Å². The molecular formula is C16H18N2O3. The van der Waals surface area contributed by atoms with E-state index in [0.29, 0.717) is 24.6 Å². The first-order chi connectivity index (χ1) is 10.2. The third-order valence-electron chi connectivity index (χ3n) is 4.07. The van der Waals surface area contributed by atoms with E-state index in [1.54, 1.807) is 4.90 Å². The highest BCUT2D eigenvalue weighted by Crippen LogP contribution is 2.34. The van der Waals surface area contributed by atoms with Crippen LogP contribution in [0.4, 0.5) is 0 Å². The van der Waals surface area contributed by atoms with Crippen LogP contribution in [-0.2, 0) is 4.79 Å². The second-order valence-corrected chi connectivity index (χ2v) is 5.54. The van der Waals surface area contributed by atoms with Gasteiger partial charge >= 0.3 is 0 Å². The monoisotopic (exact) mass is 286 g/mol. The Kier molecular flexibility index (Phi) is 3.70. The summed E-state index contributed by atoms with van der Waals surface area (Å²) in [6, 6.07) is 9.66. The second-order valence-electron chi connectivity index (χ2n) is 5.54. The maximum atomic E-state index is 12.6. The maximum Gasteiger partial charge on any atom is 0.267 e. The third kappa shape index (κ3) is 2.66. The number of carbonyl (C=O) groups excluding carboxylic acids is 1. The molecule has 5 nitrogen and oxygen atoms in total. The molecule has 0 aromatic heterocycles. The van der Waals surface area contributed by atoms with Crippen molar-refractivity contribution >= 4 is 5.91 Å². The molecular weight excluding hydrogens is 268 g/mol. The fraction of sp³-hybridized carbons (Fsp3) is 0.500. The zero-order chi connectivity index (χ0) is 14.8. The zero-order valence-electron chi connectivity index (χ0n) is 12.0. The first-order valence-corrected chi connectivity index (χ1v) is 7.30. The molecule has 0 saturated carbocycles. The van der Waals surface area contributed by atoms with Crippen LogP contribution in [0.25, 0.3) is 0 Å². The predicted molar refractivity (Wildman–Crippen MR) is 75.9 cm³/mol. The highest BCUT2D eigenvalue weighted by atomic mass is 16.6. The number of fused-ring (bicyclic) bond motifs is 1. The molecule has 5 heteroatoms. The number of ether oxygens (including phenoxy) is 2. The molecule has 2 atom stereocenters. The van der Waals surface area contributed by atoms with Crippen LogP contribution < -0.4 is 9.47 Å². The summed E-state index contributed by atoms with van der Waals surface area (Å²) in [7, 11) is 0. The summed E-state index contributed by atoms with van der Waals surface area (Å²) in [4.78, 5) is 14.4.